The number of guanidine groups is 1. The maximum Gasteiger partial charge on any atom is 0.191 e. The molecule has 1 aromatic carbocycles. The Bertz CT molecular complexity index is 681. The van der Waals surface area contributed by atoms with Crippen molar-refractivity contribution in [3.05, 3.63) is 23.8 Å². The maximum atomic E-state index is 12.2. The molecule has 0 amide bonds. The Morgan fingerprint density at radius 3 is 2.62 bits per heavy atom. The number of hydrogen-bond donors (Lipinski definition) is 2. The van der Waals surface area contributed by atoms with Gasteiger partial charge in [-0.25, -0.2) is 0 Å². The van der Waals surface area contributed by atoms with E-state index in [1.54, 1.807) is 7.05 Å². The summed E-state index contributed by atoms with van der Waals surface area (Å²) in [5.41, 5.74) is 1.19. The summed E-state index contributed by atoms with van der Waals surface area (Å²) >= 11 is 0. The molecule has 7 heteroatoms. The molecule has 0 spiro atoms. The van der Waals surface area contributed by atoms with Crippen molar-refractivity contribution in [3.63, 3.8) is 0 Å². The molecular weight excluding hydrogens is 386 g/mol. The smallest absolute Gasteiger partial charge is 0.191 e. The quantitative estimate of drug-likeness (QED) is 0.446. The van der Waals surface area contributed by atoms with Crippen LogP contribution in [0, 0.1) is 0 Å². The van der Waals surface area contributed by atoms with E-state index in [1.807, 2.05) is 26.8 Å². The van der Waals surface area contributed by atoms with Gasteiger partial charge in [0, 0.05) is 41.4 Å². The van der Waals surface area contributed by atoms with E-state index in [0.717, 1.165) is 61.9 Å². The van der Waals surface area contributed by atoms with Gasteiger partial charge in [0.25, 0.3) is 0 Å². The van der Waals surface area contributed by atoms with Crippen molar-refractivity contribution in [1.82, 2.24) is 10.6 Å². The second-order valence-corrected chi connectivity index (χ2v) is 9.20. The predicted molar refractivity (Wildman–Crippen MR) is 122 cm³/mol. The molecule has 29 heavy (non-hydrogen) atoms. The minimum absolute atomic E-state index is 0.310. The van der Waals surface area contributed by atoms with E-state index >= 15 is 0 Å². The minimum atomic E-state index is -0.711. The van der Waals surface area contributed by atoms with E-state index in [9.17, 15) is 4.21 Å². The molecule has 0 aliphatic heterocycles. The summed E-state index contributed by atoms with van der Waals surface area (Å²) in [5, 5.41) is 7.23. The summed E-state index contributed by atoms with van der Waals surface area (Å²) in [6.45, 7) is 7.97. The largest absolute Gasteiger partial charge is 0.490 e. The van der Waals surface area contributed by atoms with Crippen LogP contribution in [0.5, 0.6) is 11.5 Å². The molecule has 1 aliphatic carbocycles. The van der Waals surface area contributed by atoms with E-state index in [4.69, 9.17) is 9.47 Å². The van der Waals surface area contributed by atoms with E-state index in [-0.39, 0.29) is 0 Å². The Kier molecular flexibility index (Phi) is 10.3. The first-order valence-electron chi connectivity index (χ1n) is 10.8. The van der Waals surface area contributed by atoms with Crippen molar-refractivity contribution >= 4 is 16.8 Å². The number of nitrogens with zero attached hydrogens (tertiary/aromatic N) is 1. The first kappa shape index (κ1) is 23.5. The molecule has 2 rings (SSSR count). The highest BCUT2D eigenvalue weighted by molar-refractivity contribution is 7.85. The van der Waals surface area contributed by atoms with Crippen LogP contribution in [0.3, 0.4) is 0 Å². The fraction of sp³-hybridized carbons (Fsp3) is 0.682. The molecule has 0 radical (unpaired) electrons. The van der Waals surface area contributed by atoms with Crippen molar-refractivity contribution in [2.75, 3.05) is 32.6 Å². The number of nitrogens with one attached hydrogen (secondary N) is 2. The zero-order chi connectivity index (χ0) is 21.1. The lowest BCUT2D eigenvalue weighted by Gasteiger charge is -2.30. The second kappa shape index (κ2) is 12.7. The fourth-order valence-corrected chi connectivity index (χ4v) is 5.06. The molecule has 1 saturated carbocycles. The minimum Gasteiger partial charge on any atom is -0.490 e. The van der Waals surface area contributed by atoms with Crippen LogP contribution in [-0.2, 0) is 17.2 Å². The zero-order valence-electron chi connectivity index (χ0n) is 18.3. The van der Waals surface area contributed by atoms with Crippen LogP contribution in [0.25, 0.3) is 0 Å². The summed E-state index contributed by atoms with van der Waals surface area (Å²) in [6, 6.07) is 6.45. The molecule has 164 valence electrons. The van der Waals surface area contributed by atoms with Gasteiger partial charge in [-0.2, -0.15) is 0 Å². The fourth-order valence-electron chi connectivity index (χ4n) is 3.71. The molecular formula is C22H37N3O3S. The number of rotatable bonds is 10. The number of aliphatic imine (C=N–C) groups is 1. The van der Waals surface area contributed by atoms with Crippen LogP contribution in [0.1, 0.15) is 52.0 Å². The third-order valence-electron chi connectivity index (χ3n) is 5.16. The van der Waals surface area contributed by atoms with E-state index < -0.39 is 10.8 Å². The normalized spacial score (nSPS) is 20.8. The summed E-state index contributed by atoms with van der Waals surface area (Å²) in [4.78, 5) is 4.36. The monoisotopic (exact) mass is 423 g/mol. The van der Waals surface area contributed by atoms with Crippen molar-refractivity contribution in [3.8, 4) is 11.5 Å². The summed E-state index contributed by atoms with van der Waals surface area (Å²) in [6.07, 6.45) is 5.12. The second-order valence-electron chi connectivity index (χ2n) is 7.20. The highest BCUT2D eigenvalue weighted by atomic mass is 32.2. The molecule has 1 aliphatic rings. The van der Waals surface area contributed by atoms with Gasteiger partial charge in [-0.3, -0.25) is 9.20 Å². The number of hydrogen-bond acceptors (Lipinski definition) is 4. The predicted octanol–water partition coefficient (Wildman–Crippen LogP) is 3.27. The van der Waals surface area contributed by atoms with Gasteiger partial charge in [-0.1, -0.05) is 19.4 Å². The van der Waals surface area contributed by atoms with Gasteiger partial charge in [0.05, 0.1) is 13.2 Å². The van der Waals surface area contributed by atoms with Crippen molar-refractivity contribution in [1.29, 1.82) is 0 Å². The Balaban J connectivity index is 1.85. The maximum absolute atomic E-state index is 12.2. The number of ether oxygens (including phenoxy) is 2. The molecule has 1 aromatic rings. The van der Waals surface area contributed by atoms with E-state index in [2.05, 4.69) is 27.8 Å². The molecule has 0 heterocycles. The third kappa shape index (κ3) is 7.53. The van der Waals surface area contributed by atoms with Crippen molar-refractivity contribution < 1.29 is 13.7 Å². The van der Waals surface area contributed by atoms with Crippen LogP contribution in [0.4, 0.5) is 0 Å². The lowest BCUT2D eigenvalue weighted by molar-refractivity contribution is 0.287. The van der Waals surface area contributed by atoms with Gasteiger partial charge in [0.15, 0.2) is 17.5 Å². The molecule has 0 saturated heterocycles. The SMILES string of the molecule is CCOc1ccc(CCNC(=NC)NC2CCCC(S(=O)CC)C2)cc1OCC. The van der Waals surface area contributed by atoms with Gasteiger partial charge >= 0.3 is 0 Å². The van der Waals surface area contributed by atoms with Crippen LogP contribution in [0.2, 0.25) is 0 Å². The Labute approximate surface area is 178 Å². The van der Waals surface area contributed by atoms with Crippen LogP contribution >= 0.6 is 0 Å². The summed E-state index contributed by atoms with van der Waals surface area (Å²) in [7, 11) is 1.08. The lowest BCUT2D eigenvalue weighted by atomic mass is 9.95. The molecule has 3 unspecified atom stereocenters. The summed E-state index contributed by atoms with van der Waals surface area (Å²) < 4.78 is 23.5. The van der Waals surface area contributed by atoms with E-state index in [0.29, 0.717) is 24.5 Å². The van der Waals surface area contributed by atoms with Gasteiger partial charge in [0.1, 0.15) is 0 Å². The van der Waals surface area contributed by atoms with E-state index in [1.165, 1.54) is 5.56 Å². The standard InChI is InChI=1S/C22H37N3O3S/c1-5-27-20-12-11-17(15-21(20)28-6-2)13-14-24-22(23-4)25-18-9-8-10-19(16-18)29(26)7-3/h11-12,15,18-19H,5-10,13-14,16H2,1-4H3,(H2,23,24,25). The molecule has 1 fully saturated rings. The average Bonchev–Trinajstić information content (AvgIpc) is 2.74. The third-order valence-corrected chi connectivity index (χ3v) is 6.90. The topological polar surface area (TPSA) is 72.0 Å². The lowest BCUT2D eigenvalue weighted by Crippen LogP contribution is -2.47. The first-order chi connectivity index (χ1) is 14.1. The molecule has 6 nitrogen and oxygen atoms in total. The van der Waals surface area contributed by atoms with Crippen molar-refractivity contribution in [2.45, 2.75) is 64.2 Å². The van der Waals surface area contributed by atoms with Crippen molar-refractivity contribution in [2.24, 2.45) is 4.99 Å². The highest BCUT2D eigenvalue weighted by Crippen LogP contribution is 2.28. The Hall–Kier alpha value is -1.76. The van der Waals surface area contributed by atoms with Gasteiger partial charge < -0.3 is 20.1 Å². The number of benzene rings is 1. The van der Waals surface area contributed by atoms with Gasteiger partial charge in [-0.15, -0.1) is 0 Å². The molecule has 0 aromatic heterocycles. The Morgan fingerprint density at radius 2 is 1.93 bits per heavy atom. The van der Waals surface area contributed by atoms with Crippen LogP contribution in [-0.4, -0.2) is 54.0 Å². The Morgan fingerprint density at radius 1 is 1.17 bits per heavy atom. The average molecular weight is 424 g/mol. The molecule has 3 atom stereocenters. The van der Waals surface area contributed by atoms with Gasteiger partial charge in [-0.05, 0) is 57.2 Å². The van der Waals surface area contributed by atoms with Crippen LogP contribution < -0.4 is 20.1 Å². The molecule has 0 bridgehead atoms. The van der Waals surface area contributed by atoms with Crippen LogP contribution in [0.15, 0.2) is 23.2 Å². The first-order valence-corrected chi connectivity index (χ1v) is 12.2. The summed E-state index contributed by atoms with van der Waals surface area (Å²) in [5.74, 6) is 3.15. The van der Waals surface area contributed by atoms with Gasteiger partial charge in [0.2, 0.25) is 0 Å². The highest BCUT2D eigenvalue weighted by Gasteiger charge is 2.25. The zero-order valence-corrected chi connectivity index (χ0v) is 19.1. The molecule has 2 N–H and O–H groups in total.